The van der Waals surface area contributed by atoms with Crippen molar-refractivity contribution in [2.24, 2.45) is 5.92 Å². The summed E-state index contributed by atoms with van der Waals surface area (Å²) in [6.45, 7) is 6.73. The number of rotatable bonds is 9. The number of ether oxygens (including phenoxy) is 1. The van der Waals surface area contributed by atoms with Crippen molar-refractivity contribution in [1.82, 2.24) is 14.8 Å². The van der Waals surface area contributed by atoms with Gasteiger partial charge in [0.2, 0.25) is 5.91 Å². The van der Waals surface area contributed by atoms with Crippen LogP contribution in [0.25, 0.3) is 0 Å². The monoisotopic (exact) mass is 513 g/mol. The molecule has 1 aromatic carbocycles. The molecular formula is C25H28FN5O2S2. The molecule has 4 rings (SSSR count). The van der Waals surface area contributed by atoms with Gasteiger partial charge in [-0.1, -0.05) is 25.6 Å². The fraction of sp³-hybridized carbons (Fsp3) is 0.440. The zero-order valence-corrected chi connectivity index (χ0v) is 21.6. The largest absolute Gasteiger partial charge is 0.483 e. The first-order valence-corrected chi connectivity index (χ1v) is 13.5. The highest BCUT2D eigenvalue weighted by Crippen LogP contribution is 2.37. The minimum Gasteiger partial charge on any atom is -0.483 e. The number of thiophene rings is 1. The van der Waals surface area contributed by atoms with Crippen LogP contribution in [0, 0.1) is 23.1 Å². The van der Waals surface area contributed by atoms with Crippen LogP contribution in [0.2, 0.25) is 0 Å². The number of benzene rings is 1. The fourth-order valence-electron chi connectivity index (χ4n) is 4.08. The first kappa shape index (κ1) is 25.2. The van der Waals surface area contributed by atoms with Gasteiger partial charge in [-0.3, -0.25) is 4.79 Å². The molecule has 0 aliphatic heterocycles. The van der Waals surface area contributed by atoms with Crippen LogP contribution < -0.4 is 10.1 Å². The average Bonchev–Trinajstić information content (AvgIpc) is 3.39. The molecule has 3 aromatic rings. The summed E-state index contributed by atoms with van der Waals surface area (Å²) >= 11 is 2.83. The Hall–Kier alpha value is -2.90. The molecule has 0 fully saturated rings. The first-order valence-electron chi connectivity index (χ1n) is 11.7. The van der Waals surface area contributed by atoms with Gasteiger partial charge in [0.05, 0.1) is 11.3 Å². The number of halogens is 1. The fourth-order valence-corrected chi connectivity index (χ4v) is 6.09. The molecule has 35 heavy (non-hydrogen) atoms. The van der Waals surface area contributed by atoms with Crippen molar-refractivity contribution >= 4 is 34.0 Å². The minimum atomic E-state index is -0.412. The molecule has 0 bridgehead atoms. The molecule has 1 aliphatic carbocycles. The van der Waals surface area contributed by atoms with E-state index in [-0.39, 0.29) is 17.5 Å². The molecule has 1 unspecified atom stereocenters. The van der Waals surface area contributed by atoms with Crippen molar-refractivity contribution in [2.45, 2.75) is 64.3 Å². The lowest BCUT2D eigenvalue weighted by Gasteiger charge is -2.17. The van der Waals surface area contributed by atoms with Crippen molar-refractivity contribution in [2.75, 3.05) is 11.1 Å². The third-order valence-corrected chi connectivity index (χ3v) is 7.83. The molecule has 0 saturated heterocycles. The van der Waals surface area contributed by atoms with Crippen molar-refractivity contribution in [3.63, 3.8) is 0 Å². The quantitative estimate of drug-likeness (QED) is 0.366. The third kappa shape index (κ3) is 6.03. The summed E-state index contributed by atoms with van der Waals surface area (Å²) < 4.78 is 21.1. The number of hydrogen-bond donors (Lipinski definition) is 1. The SMILES string of the molecule is CC(C)Cn1c(SCC(=O)Nc2sc3c(c2C#N)CCCC3)nnc1C(C)Oc1ccc(F)cc1. The molecule has 0 spiro atoms. The van der Waals surface area contributed by atoms with Gasteiger partial charge in [0, 0.05) is 11.4 Å². The van der Waals surface area contributed by atoms with Crippen LogP contribution in [-0.2, 0) is 24.2 Å². The summed E-state index contributed by atoms with van der Waals surface area (Å²) in [4.78, 5) is 14.0. The van der Waals surface area contributed by atoms with E-state index < -0.39 is 6.10 Å². The van der Waals surface area contributed by atoms with E-state index in [1.165, 1.54) is 40.1 Å². The van der Waals surface area contributed by atoms with Gasteiger partial charge in [-0.05, 0) is 68.4 Å². The molecular weight excluding hydrogens is 485 g/mol. The minimum absolute atomic E-state index is 0.150. The number of fused-ring (bicyclic) bond motifs is 1. The van der Waals surface area contributed by atoms with E-state index in [9.17, 15) is 14.4 Å². The number of nitriles is 1. The van der Waals surface area contributed by atoms with Gasteiger partial charge < -0.3 is 14.6 Å². The van der Waals surface area contributed by atoms with Crippen LogP contribution in [0.1, 0.15) is 61.5 Å². The predicted molar refractivity (Wildman–Crippen MR) is 135 cm³/mol. The standard InChI is InChI=1S/C25H28FN5O2S2/c1-15(2)13-31-23(16(3)33-18-10-8-17(26)9-11-18)29-30-25(31)34-14-22(32)28-24-20(12-27)19-6-4-5-7-21(19)35-24/h8-11,15-16H,4-7,13-14H2,1-3H3,(H,28,32). The maximum Gasteiger partial charge on any atom is 0.235 e. The van der Waals surface area contributed by atoms with Crippen molar-refractivity contribution in [1.29, 1.82) is 5.26 Å². The molecule has 1 N–H and O–H groups in total. The van der Waals surface area contributed by atoms with Crippen molar-refractivity contribution in [3.8, 4) is 11.8 Å². The Kier molecular flexibility index (Phi) is 8.08. The second-order valence-corrected chi connectivity index (χ2v) is 11.0. The summed E-state index contributed by atoms with van der Waals surface area (Å²) in [5.41, 5.74) is 1.71. The molecule has 10 heteroatoms. The van der Waals surface area contributed by atoms with Crippen LogP contribution in [0.3, 0.4) is 0 Å². The lowest BCUT2D eigenvalue weighted by atomic mass is 9.96. The van der Waals surface area contributed by atoms with Gasteiger partial charge in [-0.15, -0.1) is 21.5 Å². The summed E-state index contributed by atoms with van der Waals surface area (Å²) in [6.07, 6.45) is 3.67. The van der Waals surface area contributed by atoms with E-state index in [4.69, 9.17) is 4.74 Å². The van der Waals surface area contributed by atoms with Gasteiger partial charge in [0.15, 0.2) is 17.1 Å². The Balaban J connectivity index is 1.45. The molecule has 1 aliphatic rings. The molecule has 2 heterocycles. The van der Waals surface area contributed by atoms with E-state index >= 15 is 0 Å². The molecule has 2 aromatic heterocycles. The molecule has 0 radical (unpaired) electrons. The molecule has 0 saturated carbocycles. The van der Waals surface area contributed by atoms with E-state index in [0.29, 0.717) is 39.8 Å². The third-order valence-electron chi connectivity index (χ3n) is 5.65. The van der Waals surface area contributed by atoms with E-state index in [1.807, 2.05) is 11.5 Å². The topological polar surface area (TPSA) is 92.8 Å². The van der Waals surface area contributed by atoms with E-state index in [2.05, 4.69) is 35.4 Å². The maximum absolute atomic E-state index is 13.2. The van der Waals surface area contributed by atoms with Crippen LogP contribution in [0.4, 0.5) is 9.39 Å². The molecule has 1 atom stereocenters. The number of carbonyl (C=O) groups is 1. The second-order valence-electron chi connectivity index (χ2n) is 8.92. The Morgan fingerprint density at radius 2 is 2.00 bits per heavy atom. The lowest BCUT2D eigenvalue weighted by Crippen LogP contribution is -2.17. The van der Waals surface area contributed by atoms with Crippen LogP contribution >= 0.6 is 23.1 Å². The average molecular weight is 514 g/mol. The maximum atomic E-state index is 13.2. The number of aryl methyl sites for hydroxylation is 1. The Labute approximate surface area is 212 Å². The Morgan fingerprint density at radius 3 is 2.71 bits per heavy atom. The Morgan fingerprint density at radius 1 is 1.26 bits per heavy atom. The van der Waals surface area contributed by atoms with E-state index in [1.54, 1.807) is 12.1 Å². The number of aromatic nitrogens is 3. The highest BCUT2D eigenvalue weighted by atomic mass is 32.2. The number of carbonyl (C=O) groups excluding carboxylic acids is 1. The van der Waals surface area contributed by atoms with Gasteiger partial charge in [-0.2, -0.15) is 5.26 Å². The zero-order chi connectivity index (χ0) is 24.9. The predicted octanol–water partition coefficient (Wildman–Crippen LogP) is 5.76. The van der Waals surface area contributed by atoms with Gasteiger partial charge in [-0.25, -0.2) is 4.39 Å². The highest BCUT2D eigenvalue weighted by Gasteiger charge is 2.23. The zero-order valence-electron chi connectivity index (χ0n) is 20.0. The lowest BCUT2D eigenvalue weighted by molar-refractivity contribution is -0.113. The van der Waals surface area contributed by atoms with Gasteiger partial charge in [0.25, 0.3) is 0 Å². The van der Waals surface area contributed by atoms with Crippen LogP contribution in [0.5, 0.6) is 5.75 Å². The Bertz CT molecular complexity index is 1230. The molecule has 7 nitrogen and oxygen atoms in total. The molecule has 184 valence electrons. The summed E-state index contributed by atoms with van der Waals surface area (Å²) in [5, 5.41) is 22.5. The second kappa shape index (κ2) is 11.2. The number of nitrogens with one attached hydrogen (secondary N) is 1. The smallest absolute Gasteiger partial charge is 0.235 e. The van der Waals surface area contributed by atoms with Crippen molar-refractivity contribution in [3.05, 3.63) is 51.9 Å². The van der Waals surface area contributed by atoms with Gasteiger partial charge >= 0.3 is 0 Å². The number of nitrogens with zero attached hydrogens (tertiary/aromatic N) is 4. The normalized spacial score (nSPS) is 13.8. The van der Waals surface area contributed by atoms with Crippen LogP contribution in [0.15, 0.2) is 29.4 Å². The first-order chi connectivity index (χ1) is 16.9. The summed E-state index contributed by atoms with van der Waals surface area (Å²) in [5.74, 6) is 1.15. The highest BCUT2D eigenvalue weighted by molar-refractivity contribution is 7.99. The summed E-state index contributed by atoms with van der Waals surface area (Å²) in [7, 11) is 0. The number of hydrogen-bond acceptors (Lipinski definition) is 7. The number of anilines is 1. The van der Waals surface area contributed by atoms with Crippen molar-refractivity contribution < 1.29 is 13.9 Å². The van der Waals surface area contributed by atoms with Gasteiger partial charge in [0.1, 0.15) is 22.6 Å². The number of amides is 1. The molecule has 1 amide bonds. The number of thioether (sulfide) groups is 1. The van der Waals surface area contributed by atoms with E-state index in [0.717, 1.165) is 31.2 Å². The summed E-state index contributed by atoms with van der Waals surface area (Å²) in [6, 6.07) is 8.13. The van der Waals surface area contributed by atoms with Crippen LogP contribution in [-0.4, -0.2) is 26.4 Å².